The monoisotopic (exact) mass is 235 g/mol. The van der Waals surface area contributed by atoms with Crippen LogP contribution in [0.5, 0.6) is 5.88 Å². The van der Waals surface area contributed by atoms with E-state index in [1.807, 2.05) is 4.90 Å². The number of piperidine rings is 1. The smallest absolute Gasteiger partial charge is 0.259 e. The molecule has 0 aromatic carbocycles. The van der Waals surface area contributed by atoms with Crippen LogP contribution in [0, 0.1) is 0 Å². The van der Waals surface area contributed by atoms with Crippen molar-refractivity contribution in [1.82, 2.24) is 9.88 Å². The van der Waals surface area contributed by atoms with Gasteiger partial charge in [-0.15, -0.1) is 0 Å². The molecule has 0 atom stereocenters. The molecule has 5 nitrogen and oxygen atoms in total. The van der Waals surface area contributed by atoms with Gasteiger partial charge in [0.05, 0.1) is 7.11 Å². The Bertz CT molecular complexity index is 400. The van der Waals surface area contributed by atoms with Gasteiger partial charge in [0, 0.05) is 25.3 Å². The normalized spacial score (nSPS) is 16.9. The number of pyridine rings is 1. The lowest BCUT2D eigenvalue weighted by atomic mass is 10.1. The summed E-state index contributed by atoms with van der Waals surface area (Å²) < 4.78 is 5.10. The van der Waals surface area contributed by atoms with Crippen LogP contribution in [0.2, 0.25) is 0 Å². The zero-order valence-electron chi connectivity index (χ0n) is 9.93. The highest BCUT2D eigenvalue weighted by Crippen LogP contribution is 2.18. The molecule has 1 aromatic rings. The number of methoxy groups -OCH3 is 1. The Morgan fingerprint density at radius 3 is 2.88 bits per heavy atom. The number of nitrogens with zero attached hydrogens (tertiary/aromatic N) is 2. The van der Waals surface area contributed by atoms with Crippen LogP contribution in [0.4, 0.5) is 0 Å². The van der Waals surface area contributed by atoms with Gasteiger partial charge in [-0.1, -0.05) is 0 Å². The molecule has 0 unspecified atom stereocenters. The van der Waals surface area contributed by atoms with E-state index in [1.165, 1.54) is 7.11 Å². The molecule has 1 aliphatic heterocycles. The van der Waals surface area contributed by atoms with Gasteiger partial charge in [0.15, 0.2) is 0 Å². The number of amides is 1. The third kappa shape index (κ3) is 2.55. The maximum absolute atomic E-state index is 12.3. The maximum atomic E-state index is 12.3. The minimum absolute atomic E-state index is 0.0261. The van der Waals surface area contributed by atoms with Gasteiger partial charge >= 0.3 is 0 Å². The Hall–Kier alpha value is -1.62. The fraction of sp³-hybridized carbons (Fsp3) is 0.500. The van der Waals surface area contributed by atoms with Crippen molar-refractivity contribution in [3.63, 3.8) is 0 Å². The summed E-state index contributed by atoms with van der Waals surface area (Å²) in [5.74, 6) is 0.356. The molecule has 1 amide bonds. The average molecular weight is 235 g/mol. The second kappa shape index (κ2) is 5.14. The van der Waals surface area contributed by atoms with E-state index >= 15 is 0 Å². The van der Waals surface area contributed by atoms with Crippen molar-refractivity contribution in [3.8, 4) is 5.88 Å². The molecule has 2 N–H and O–H groups in total. The van der Waals surface area contributed by atoms with E-state index in [4.69, 9.17) is 10.5 Å². The molecule has 0 bridgehead atoms. The molecule has 1 aliphatic rings. The maximum Gasteiger partial charge on any atom is 0.259 e. The lowest BCUT2D eigenvalue weighted by Gasteiger charge is -2.30. The Balaban J connectivity index is 2.14. The summed E-state index contributed by atoms with van der Waals surface area (Å²) >= 11 is 0. The van der Waals surface area contributed by atoms with E-state index in [1.54, 1.807) is 18.3 Å². The number of hydrogen-bond acceptors (Lipinski definition) is 4. The lowest BCUT2D eigenvalue weighted by Crippen LogP contribution is -2.42. The van der Waals surface area contributed by atoms with Crippen LogP contribution >= 0.6 is 0 Å². The highest BCUT2D eigenvalue weighted by atomic mass is 16.5. The first kappa shape index (κ1) is 11.9. The van der Waals surface area contributed by atoms with Crippen LogP contribution in [-0.4, -0.2) is 42.0 Å². The Kier molecular flexibility index (Phi) is 3.58. The van der Waals surface area contributed by atoms with E-state index in [0.29, 0.717) is 24.5 Å². The molecule has 17 heavy (non-hydrogen) atoms. The van der Waals surface area contributed by atoms with Crippen molar-refractivity contribution < 1.29 is 9.53 Å². The zero-order valence-corrected chi connectivity index (χ0v) is 9.93. The number of ether oxygens (including phenoxy) is 1. The topological polar surface area (TPSA) is 68.5 Å². The number of hydrogen-bond donors (Lipinski definition) is 1. The number of aromatic nitrogens is 1. The third-order valence-corrected chi connectivity index (χ3v) is 3.02. The number of rotatable bonds is 2. The Morgan fingerprint density at radius 2 is 2.24 bits per heavy atom. The molecule has 1 fully saturated rings. The molecule has 0 saturated carbocycles. The first-order valence-electron chi connectivity index (χ1n) is 5.76. The number of nitrogens with two attached hydrogens (primary N) is 1. The van der Waals surface area contributed by atoms with E-state index < -0.39 is 0 Å². The first-order valence-corrected chi connectivity index (χ1v) is 5.76. The largest absolute Gasteiger partial charge is 0.480 e. The van der Waals surface area contributed by atoms with Gasteiger partial charge in [0.25, 0.3) is 5.91 Å². The summed E-state index contributed by atoms with van der Waals surface area (Å²) in [5, 5.41) is 0. The fourth-order valence-electron chi connectivity index (χ4n) is 1.99. The minimum Gasteiger partial charge on any atom is -0.480 e. The number of carbonyl (C=O) groups is 1. The molecule has 5 heteroatoms. The fourth-order valence-corrected chi connectivity index (χ4v) is 1.99. The van der Waals surface area contributed by atoms with Gasteiger partial charge in [-0.3, -0.25) is 4.79 Å². The molecular formula is C12H17N3O2. The van der Waals surface area contributed by atoms with Gasteiger partial charge in [0.2, 0.25) is 5.88 Å². The van der Waals surface area contributed by atoms with Crippen molar-refractivity contribution in [3.05, 3.63) is 23.9 Å². The van der Waals surface area contributed by atoms with E-state index in [9.17, 15) is 4.79 Å². The van der Waals surface area contributed by atoms with Crippen molar-refractivity contribution in [2.45, 2.75) is 18.9 Å². The lowest BCUT2D eigenvalue weighted by molar-refractivity contribution is 0.0710. The predicted octanol–water partition coefficient (Wildman–Crippen LogP) is 0.654. The zero-order chi connectivity index (χ0) is 12.3. The molecule has 2 rings (SSSR count). The van der Waals surface area contributed by atoms with Crippen LogP contribution in [-0.2, 0) is 0 Å². The van der Waals surface area contributed by atoms with Crippen molar-refractivity contribution >= 4 is 5.91 Å². The highest BCUT2D eigenvalue weighted by Gasteiger charge is 2.24. The molecule has 0 radical (unpaired) electrons. The molecule has 2 heterocycles. The summed E-state index contributed by atoms with van der Waals surface area (Å²) in [6, 6.07) is 3.70. The van der Waals surface area contributed by atoms with E-state index in [-0.39, 0.29) is 11.9 Å². The van der Waals surface area contributed by atoms with Gasteiger partial charge in [-0.05, 0) is 25.0 Å². The van der Waals surface area contributed by atoms with Gasteiger partial charge in [0.1, 0.15) is 5.56 Å². The van der Waals surface area contributed by atoms with Crippen LogP contribution in [0.3, 0.4) is 0 Å². The summed E-state index contributed by atoms with van der Waals surface area (Å²) in [6.07, 6.45) is 3.32. The molecule has 1 saturated heterocycles. The number of carbonyl (C=O) groups excluding carboxylic acids is 1. The molecular weight excluding hydrogens is 218 g/mol. The third-order valence-electron chi connectivity index (χ3n) is 3.02. The van der Waals surface area contributed by atoms with Crippen LogP contribution < -0.4 is 10.5 Å². The van der Waals surface area contributed by atoms with Crippen LogP contribution in [0.15, 0.2) is 18.3 Å². The average Bonchev–Trinajstić information content (AvgIpc) is 2.39. The Labute approximate surface area is 101 Å². The Morgan fingerprint density at radius 1 is 1.53 bits per heavy atom. The first-order chi connectivity index (χ1) is 8.22. The number of likely N-dealkylation sites (tertiary alicyclic amines) is 1. The van der Waals surface area contributed by atoms with Crippen LogP contribution in [0.1, 0.15) is 23.2 Å². The molecule has 1 aromatic heterocycles. The SMILES string of the molecule is COc1ncccc1C(=O)N1CCC(N)CC1. The summed E-state index contributed by atoms with van der Waals surface area (Å²) in [4.78, 5) is 18.1. The molecule has 92 valence electrons. The second-order valence-corrected chi connectivity index (χ2v) is 4.19. The summed E-state index contributed by atoms with van der Waals surface area (Å²) in [5.41, 5.74) is 6.34. The standard InChI is InChI=1S/C12H17N3O2/c1-17-11-10(3-2-6-14-11)12(16)15-7-4-9(13)5-8-15/h2-3,6,9H,4-5,7-8,13H2,1H3. The van der Waals surface area contributed by atoms with E-state index in [2.05, 4.69) is 4.98 Å². The quantitative estimate of drug-likeness (QED) is 0.817. The highest BCUT2D eigenvalue weighted by molar-refractivity contribution is 5.96. The van der Waals surface area contributed by atoms with Gasteiger partial charge in [-0.25, -0.2) is 4.98 Å². The van der Waals surface area contributed by atoms with Crippen molar-refractivity contribution in [1.29, 1.82) is 0 Å². The summed E-state index contributed by atoms with van der Waals surface area (Å²) in [6.45, 7) is 1.41. The predicted molar refractivity (Wildman–Crippen MR) is 63.9 cm³/mol. The molecule has 0 aliphatic carbocycles. The van der Waals surface area contributed by atoms with Gasteiger partial charge < -0.3 is 15.4 Å². The van der Waals surface area contributed by atoms with Gasteiger partial charge in [-0.2, -0.15) is 0 Å². The summed E-state index contributed by atoms with van der Waals surface area (Å²) in [7, 11) is 1.52. The van der Waals surface area contributed by atoms with Crippen molar-refractivity contribution in [2.75, 3.05) is 20.2 Å². The minimum atomic E-state index is -0.0261. The van der Waals surface area contributed by atoms with Crippen molar-refractivity contribution in [2.24, 2.45) is 5.73 Å². The van der Waals surface area contributed by atoms with E-state index in [0.717, 1.165) is 12.8 Å². The molecule has 0 spiro atoms. The second-order valence-electron chi connectivity index (χ2n) is 4.19. The van der Waals surface area contributed by atoms with Crippen LogP contribution in [0.25, 0.3) is 0 Å².